The van der Waals surface area contributed by atoms with Crippen molar-refractivity contribution in [3.8, 4) is 0 Å². The maximum atomic E-state index is 13.3. The minimum Gasteiger partial charge on any atom is -0.322 e. The lowest BCUT2D eigenvalue weighted by Crippen LogP contribution is -2.62. The lowest BCUT2D eigenvalue weighted by atomic mass is 9.95. The number of nitrogens with one attached hydrogen (secondary N) is 1. The normalized spacial score (nSPS) is 22.3. The first-order valence-electron chi connectivity index (χ1n) is 8.91. The Bertz CT molecular complexity index is 633. The van der Waals surface area contributed by atoms with E-state index in [4.69, 9.17) is 0 Å². The SMILES string of the molecule is C[C@H](C(=O)N1c2ccccc2NC(=O)C1(C)C)N1CCCCCC1. The van der Waals surface area contributed by atoms with E-state index in [1.54, 1.807) is 4.90 Å². The summed E-state index contributed by atoms with van der Waals surface area (Å²) >= 11 is 0. The Labute approximate surface area is 144 Å². The summed E-state index contributed by atoms with van der Waals surface area (Å²) in [6.45, 7) is 7.50. The first-order valence-corrected chi connectivity index (χ1v) is 8.91. The molecule has 24 heavy (non-hydrogen) atoms. The molecule has 0 saturated carbocycles. The fourth-order valence-corrected chi connectivity index (χ4v) is 3.67. The molecule has 1 atom stereocenters. The van der Waals surface area contributed by atoms with E-state index in [0.717, 1.165) is 31.6 Å². The standard InChI is InChI=1S/C19H27N3O2/c1-14(21-12-8-4-5-9-13-21)17(23)22-16-11-7-6-10-15(16)20-18(24)19(22,2)3/h6-7,10-11,14H,4-5,8-9,12-13H2,1-3H3,(H,20,24)/t14-/m1/s1. The predicted octanol–water partition coefficient (Wildman–Crippen LogP) is 3.01. The van der Waals surface area contributed by atoms with Gasteiger partial charge in [0.2, 0.25) is 11.8 Å². The molecule has 2 amide bonds. The van der Waals surface area contributed by atoms with E-state index in [1.165, 1.54) is 12.8 Å². The Hall–Kier alpha value is -1.88. The Morgan fingerprint density at radius 2 is 1.75 bits per heavy atom. The summed E-state index contributed by atoms with van der Waals surface area (Å²) in [6, 6.07) is 7.31. The van der Waals surface area contributed by atoms with Crippen molar-refractivity contribution in [3.63, 3.8) is 0 Å². The van der Waals surface area contributed by atoms with Gasteiger partial charge in [0.25, 0.3) is 0 Å². The molecule has 0 radical (unpaired) electrons. The second-order valence-electron chi connectivity index (χ2n) is 7.33. The average molecular weight is 329 g/mol. The number of rotatable bonds is 2. The lowest BCUT2D eigenvalue weighted by Gasteiger charge is -2.44. The van der Waals surface area contributed by atoms with Gasteiger partial charge in [-0.2, -0.15) is 0 Å². The Balaban J connectivity index is 1.93. The summed E-state index contributed by atoms with van der Waals surface area (Å²) < 4.78 is 0. The van der Waals surface area contributed by atoms with Gasteiger partial charge in [0.05, 0.1) is 17.4 Å². The van der Waals surface area contributed by atoms with Crippen molar-refractivity contribution in [1.82, 2.24) is 4.90 Å². The predicted molar refractivity (Wildman–Crippen MR) is 96.1 cm³/mol. The summed E-state index contributed by atoms with van der Waals surface area (Å²) in [5.74, 6) is -0.137. The molecule has 5 heteroatoms. The molecule has 5 nitrogen and oxygen atoms in total. The number of benzene rings is 1. The molecule has 3 rings (SSSR count). The number of anilines is 2. The van der Waals surface area contributed by atoms with Gasteiger partial charge in [0.1, 0.15) is 5.54 Å². The maximum Gasteiger partial charge on any atom is 0.250 e. The molecule has 1 aromatic rings. The summed E-state index contributed by atoms with van der Waals surface area (Å²) in [6.07, 6.45) is 4.74. The monoisotopic (exact) mass is 329 g/mol. The maximum absolute atomic E-state index is 13.3. The Kier molecular flexibility index (Phi) is 4.63. The molecule has 130 valence electrons. The van der Waals surface area contributed by atoms with Crippen LogP contribution in [0.5, 0.6) is 0 Å². The first-order chi connectivity index (χ1) is 11.4. The quantitative estimate of drug-likeness (QED) is 0.907. The molecular formula is C19H27N3O2. The Morgan fingerprint density at radius 3 is 2.42 bits per heavy atom. The van der Waals surface area contributed by atoms with Crippen molar-refractivity contribution in [2.24, 2.45) is 0 Å². The fourth-order valence-electron chi connectivity index (χ4n) is 3.67. The number of nitrogens with zero attached hydrogens (tertiary/aromatic N) is 2. The summed E-state index contributed by atoms with van der Waals surface area (Å²) in [7, 11) is 0. The van der Waals surface area contributed by atoms with Gasteiger partial charge in [0, 0.05) is 0 Å². The third kappa shape index (κ3) is 2.93. The Morgan fingerprint density at radius 1 is 1.12 bits per heavy atom. The van der Waals surface area contributed by atoms with E-state index in [0.29, 0.717) is 5.69 Å². The van der Waals surface area contributed by atoms with Gasteiger partial charge in [0.15, 0.2) is 0 Å². The van der Waals surface area contributed by atoms with Gasteiger partial charge in [-0.1, -0.05) is 25.0 Å². The van der Waals surface area contributed by atoms with E-state index in [9.17, 15) is 9.59 Å². The van der Waals surface area contributed by atoms with E-state index in [2.05, 4.69) is 10.2 Å². The number of hydrogen-bond donors (Lipinski definition) is 1. The molecule has 0 aliphatic carbocycles. The summed E-state index contributed by atoms with van der Waals surface area (Å²) in [5.41, 5.74) is 0.595. The fraction of sp³-hybridized carbons (Fsp3) is 0.579. The number of amides is 2. The highest BCUT2D eigenvalue weighted by molar-refractivity contribution is 6.15. The third-order valence-corrected chi connectivity index (χ3v) is 5.27. The highest BCUT2D eigenvalue weighted by atomic mass is 16.2. The zero-order chi connectivity index (χ0) is 17.3. The molecule has 2 aliphatic rings. The number of fused-ring (bicyclic) bond motifs is 1. The van der Waals surface area contributed by atoms with E-state index < -0.39 is 5.54 Å². The molecule has 1 N–H and O–H groups in total. The van der Waals surface area contributed by atoms with E-state index >= 15 is 0 Å². The molecule has 0 aromatic heterocycles. The van der Waals surface area contributed by atoms with Crippen LogP contribution in [0.1, 0.15) is 46.5 Å². The van der Waals surface area contributed by atoms with Crippen molar-refractivity contribution < 1.29 is 9.59 Å². The highest BCUT2D eigenvalue weighted by Gasteiger charge is 2.45. The zero-order valence-electron chi connectivity index (χ0n) is 14.8. The minimum absolute atomic E-state index is 0.00389. The van der Waals surface area contributed by atoms with Gasteiger partial charge in [-0.3, -0.25) is 19.4 Å². The van der Waals surface area contributed by atoms with Gasteiger partial charge in [-0.15, -0.1) is 0 Å². The van der Waals surface area contributed by atoms with Crippen LogP contribution >= 0.6 is 0 Å². The van der Waals surface area contributed by atoms with Gasteiger partial charge in [-0.05, 0) is 58.8 Å². The molecule has 1 aromatic carbocycles. The number of carbonyl (C=O) groups is 2. The first kappa shape index (κ1) is 17.0. The van der Waals surface area contributed by atoms with Crippen LogP contribution in [-0.4, -0.2) is 41.4 Å². The average Bonchev–Trinajstić information content (AvgIpc) is 2.84. The van der Waals surface area contributed by atoms with Crippen molar-refractivity contribution in [2.45, 2.75) is 58.0 Å². The van der Waals surface area contributed by atoms with E-state index in [-0.39, 0.29) is 17.9 Å². The van der Waals surface area contributed by atoms with Crippen LogP contribution in [0.2, 0.25) is 0 Å². The van der Waals surface area contributed by atoms with Gasteiger partial charge >= 0.3 is 0 Å². The molecule has 1 saturated heterocycles. The van der Waals surface area contributed by atoms with Gasteiger partial charge in [-0.25, -0.2) is 0 Å². The van der Waals surface area contributed by atoms with Crippen LogP contribution < -0.4 is 10.2 Å². The molecule has 2 aliphatic heterocycles. The van der Waals surface area contributed by atoms with Crippen LogP contribution in [-0.2, 0) is 9.59 Å². The number of carbonyl (C=O) groups excluding carboxylic acids is 2. The topological polar surface area (TPSA) is 52.7 Å². The van der Waals surface area contributed by atoms with Crippen LogP contribution in [0, 0.1) is 0 Å². The van der Waals surface area contributed by atoms with Crippen molar-refractivity contribution in [1.29, 1.82) is 0 Å². The van der Waals surface area contributed by atoms with Crippen LogP contribution in [0.25, 0.3) is 0 Å². The van der Waals surface area contributed by atoms with Crippen molar-refractivity contribution in [2.75, 3.05) is 23.3 Å². The molecule has 0 unspecified atom stereocenters. The largest absolute Gasteiger partial charge is 0.322 e. The van der Waals surface area contributed by atoms with Gasteiger partial charge < -0.3 is 5.32 Å². The second-order valence-corrected chi connectivity index (χ2v) is 7.33. The molecule has 1 fully saturated rings. The lowest BCUT2D eigenvalue weighted by molar-refractivity contribution is -0.129. The third-order valence-electron chi connectivity index (χ3n) is 5.27. The summed E-state index contributed by atoms with van der Waals surface area (Å²) in [4.78, 5) is 29.8. The minimum atomic E-state index is -0.897. The number of hydrogen-bond acceptors (Lipinski definition) is 3. The molecular weight excluding hydrogens is 302 g/mol. The van der Waals surface area contributed by atoms with Crippen molar-refractivity contribution in [3.05, 3.63) is 24.3 Å². The smallest absolute Gasteiger partial charge is 0.250 e. The number of para-hydroxylation sites is 2. The van der Waals surface area contributed by atoms with Crippen molar-refractivity contribution >= 4 is 23.2 Å². The second kappa shape index (κ2) is 6.55. The van der Waals surface area contributed by atoms with E-state index in [1.807, 2.05) is 45.0 Å². The molecule has 0 spiro atoms. The molecule has 2 heterocycles. The van der Waals surface area contributed by atoms with Crippen LogP contribution in [0.3, 0.4) is 0 Å². The van der Waals surface area contributed by atoms with Crippen LogP contribution in [0.15, 0.2) is 24.3 Å². The zero-order valence-corrected chi connectivity index (χ0v) is 14.8. The summed E-state index contributed by atoms with van der Waals surface area (Å²) in [5, 5.41) is 2.92. The highest BCUT2D eigenvalue weighted by Crippen LogP contribution is 2.37. The molecule has 0 bridgehead atoms. The number of likely N-dealkylation sites (tertiary alicyclic amines) is 1. The van der Waals surface area contributed by atoms with Crippen LogP contribution in [0.4, 0.5) is 11.4 Å².